The molecule has 17 heavy (non-hydrogen) atoms. The van der Waals surface area contributed by atoms with E-state index in [9.17, 15) is 13.6 Å². The van der Waals surface area contributed by atoms with Gasteiger partial charge in [-0.05, 0) is 31.5 Å². The van der Waals surface area contributed by atoms with Crippen molar-refractivity contribution in [3.63, 3.8) is 0 Å². The van der Waals surface area contributed by atoms with E-state index in [2.05, 4.69) is 10.6 Å². The number of nitrogens with one attached hydrogen (secondary N) is 2. The summed E-state index contributed by atoms with van der Waals surface area (Å²) in [5, 5.41) is 5.60. The molecule has 1 aliphatic heterocycles. The maximum Gasteiger partial charge on any atom is 0.228 e. The highest BCUT2D eigenvalue weighted by molar-refractivity contribution is 5.92. The predicted molar refractivity (Wildman–Crippen MR) is 60.6 cm³/mol. The topological polar surface area (TPSA) is 41.1 Å². The normalized spacial score (nSPS) is 20.0. The fourth-order valence-electron chi connectivity index (χ4n) is 1.90. The van der Waals surface area contributed by atoms with Crippen LogP contribution in [0.5, 0.6) is 0 Å². The summed E-state index contributed by atoms with van der Waals surface area (Å²) in [6.07, 6.45) is 1.73. The third-order valence-electron chi connectivity index (χ3n) is 2.86. The van der Waals surface area contributed by atoms with Gasteiger partial charge in [0.05, 0.1) is 11.6 Å². The molecular formula is C12H14F2N2O. The summed E-state index contributed by atoms with van der Waals surface area (Å²) in [6, 6.07) is 3.12. The predicted octanol–water partition coefficient (Wildman–Crippen LogP) is 1.90. The largest absolute Gasteiger partial charge is 0.323 e. The van der Waals surface area contributed by atoms with Gasteiger partial charge in [-0.3, -0.25) is 4.79 Å². The minimum absolute atomic E-state index is 0.0296. The lowest BCUT2D eigenvalue weighted by atomic mass is 9.99. The van der Waals surface area contributed by atoms with Crippen LogP contribution in [0, 0.1) is 17.6 Å². The molecule has 0 saturated carbocycles. The number of hydrogen-bond acceptors (Lipinski definition) is 2. The Bertz CT molecular complexity index is 417. The Balaban J connectivity index is 2.02. The standard InChI is InChI=1S/C12H14F2N2O/c13-9-3-4-11(10(14)6-9)16-12(17)8-2-1-5-15-7-8/h3-4,6,8,15H,1-2,5,7H2,(H,16,17)/t8-/m0/s1. The molecule has 1 heterocycles. The Labute approximate surface area is 98.2 Å². The molecule has 92 valence electrons. The maximum absolute atomic E-state index is 13.3. The quantitative estimate of drug-likeness (QED) is 0.829. The molecule has 0 radical (unpaired) electrons. The lowest BCUT2D eigenvalue weighted by Crippen LogP contribution is -2.37. The number of anilines is 1. The average Bonchev–Trinajstić information content (AvgIpc) is 2.34. The van der Waals surface area contributed by atoms with Gasteiger partial charge in [-0.25, -0.2) is 8.78 Å². The van der Waals surface area contributed by atoms with Crippen molar-refractivity contribution in [3.05, 3.63) is 29.8 Å². The van der Waals surface area contributed by atoms with E-state index in [1.54, 1.807) is 0 Å². The first kappa shape index (κ1) is 12.0. The molecule has 1 fully saturated rings. The van der Waals surface area contributed by atoms with Crippen molar-refractivity contribution in [1.29, 1.82) is 0 Å². The zero-order chi connectivity index (χ0) is 12.3. The van der Waals surface area contributed by atoms with Gasteiger partial charge in [-0.1, -0.05) is 0 Å². The zero-order valence-corrected chi connectivity index (χ0v) is 9.30. The Morgan fingerprint density at radius 2 is 2.24 bits per heavy atom. The van der Waals surface area contributed by atoms with Crippen LogP contribution in [0.25, 0.3) is 0 Å². The van der Waals surface area contributed by atoms with Crippen LogP contribution in [-0.2, 0) is 4.79 Å². The van der Waals surface area contributed by atoms with Crippen molar-refractivity contribution in [2.24, 2.45) is 5.92 Å². The molecule has 0 aromatic heterocycles. The third-order valence-corrected chi connectivity index (χ3v) is 2.86. The van der Waals surface area contributed by atoms with Crippen LogP contribution < -0.4 is 10.6 Å². The average molecular weight is 240 g/mol. The van der Waals surface area contributed by atoms with Crippen molar-refractivity contribution in [3.8, 4) is 0 Å². The van der Waals surface area contributed by atoms with Crippen molar-refractivity contribution >= 4 is 11.6 Å². The molecule has 1 aromatic rings. The summed E-state index contributed by atoms with van der Waals surface area (Å²) in [5.74, 6) is -1.77. The van der Waals surface area contributed by atoms with Crippen LogP contribution in [0.15, 0.2) is 18.2 Å². The minimum Gasteiger partial charge on any atom is -0.323 e. The zero-order valence-electron chi connectivity index (χ0n) is 9.30. The van der Waals surface area contributed by atoms with Crippen molar-refractivity contribution in [1.82, 2.24) is 5.32 Å². The summed E-state index contributed by atoms with van der Waals surface area (Å²) < 4.78 is 26.0. The molecule has 0 bridgehead atoms. The summed E-state index contributed by atoms with van der Waals surface area (Å²) in [7, 11) is 0. The molecular weight excluding hydrogens is 226 g/mol. The highest BCUT2D eigenvalue weighted by atomic mass is 19.1. The second kappa shape index (κ2) is 5.23. The van der Waals surface area contributed by atoms with Crippen LogP contribution in [0.2, 0.25) is 0 Å². The Kier molecular flexibility index (Phi) is 3.68. The van der Waals surface area contributed by atoms with E-state index in [4.69, 9.17) is 0 Å². The number of amides is 1. The molecule has 0 aliphatic carbocycles. The van der Waals surface area contributed by atoms with E-state index in [-0.39, 0.29) is 17.5 Å². The number of halogens is 2. The molecule has 3 nitrogen and oxygen atoms in total. The molecule has 2 rings (SSSR count). The Morgan fingerprint density at radius 3 is 2.88 bits per heavy atom. The lowest BCUT2D eigenvalue weighted by molar-refractivity contribution is -0.120. The number of carbonyl (C=O) groups is 1. The summed E-state index contributed by atoms with van der Waals surface area (Å²) in [6.45, 7) is 1.52. The molecule has 2 N–H and O–H groups in total. The highest BCUT2D eigenvalue weighted by Gasteiger charge is 2.21. The van der Waals surface area contributed by atoms with Crippen molar-refractivity contribution < 1.29 is 13.6 Å². The van der Waals surface area contributed by atoms with Gasteiger partial charge in [0.2, 0.25) is 5.91 Å². The Hall–Kier alpha value is -1.49. The second-order valence-electron chi connectivity index (χ2n) is 4.16. The van der Waals surface area contributed by atoms with Gasteiger partial charge in [0.1, 0.15) is 11.6 Å². The number of hydrogen-bond donors (Lipinski definition) is 2. The highest BCUT2D eigenvalue weighted by Crippen LogP contribution is 2.18. The fourth-order valence-corrected chi connectivity index (χ4v) is 1.90. The maximum atomic E-state index is 13.3. The van der Waals surface area contributed by atoms with E-state index >= 15 is 0 Å². The second-order valence-corrected chi connectivity index (χ2v) is 4.16. The molecule has 1 aliphatic rings. The number of rotatable bonds is 2. The van der Waals surface area contributed by atoms with Gasteiger partial charge in [-0.15, -0.1) is 0 Å². The van der Waals surface area contributed by atoms with Gasteiger partial charge < -0.3 is 10.6 Å². The summed E-state index contributed by atoms with van der Waals surface area (Å²) in [4.78, 5) is 11.8. The molecule has 5 heteroatoms. The first-order valence-corrected chi connectivity index (χ1v) is 5.63. The van der Waals surface area contributed by atoms with Crippen LogP contribution in [0.4, 0.5) is 14.5 Å². The third kappa shape index (κ3) is 3.00. The summed E-state index contributed by atoms with van der Waals surface area (Å²) in [5.41, 5.74) is 0.0296. The van der Waals surface area contributed by atoms with Crippen LogP contribution in [0.1, 0.15) is 12.8 Å². The molecule has 1 atom stereocenters. The molecule has 1 aromatic carbocycles. The number of benzene rings is 1. The van der Waals surface area contributed by atoms with Gasteiger partial charge in [0, 0.05) is 12.6 Å². The van der Waals surface area contributed by atoms with Crippen LogP contribution in [0.3, 0.4) is 0 Å². The number of piperidine rings is 1. The van der Waals surface area contributed by atoms with Crippen LogP contribution in [-0.4, -0.2) is 19.0 Å². The molecule has 1 amide bonds. The smallest absolute Gasteiger partial charge is 0.228 e. The molecule has 1 saturated heterocycles. The van der Waals surface area contributed by atoms with Gasteiger partial charge in [0.15, 0.2) is 0 Å². The first-order valence-electron chi connectivity index (χ1n) is 5.63. The van der Waals surface area contributed by atoms with E-state index in [1.165, 1.54) is 6.07 Å². The SMILES string of the molecule is O=C(Nc1ccc(F)cc1F)[C@H]1CCCNC1. The summed E-state index contributed by atoms with van der Waals surface area (Å²) >= 11 is 0. The molecule has 0 spiro atoms. The van der Waals surface area contributed by atoms with Gasteiger partial charge in [0.25, 0.3) is 0 Å². The van der Waals surface area contributed by atoms with E-state index in [0.717, 1.165) is 31.5 Å². The molecule has 0 unspecified atom stereocenters. The van der Waals surface area contributed by atoms with Crippen LogP contribution >= 0.6 is 0 Å². The van der Waals surface area contributed by atoms with E-state index in [0.29, 0.717) is 6.54 Å². The van der Waals surface area contributed by atoms with E-state index in [1.807, 2.05) is 0 Å². The minimum atomic E-state index is -0.748. The Morgan fingerprint density at radius 1 is 1.41 bits per heavy atom. The monoisotopic (exact) mass is 240 g/mol. The van der Waals surface area contributed by atoms with Crippen molar-refractivity contribution in [2.75, 3.05) is 18.4 Å². The van der Waals surface area contributed by atoms with Gasteiger partial charge in [-0.2, -0.15) is 0 Å². The lowest BCUT2D eigenvalue weighted by Gasteiger charge is -2.21. The first-order chi connectivity index (χ1) is 8.16. The van der Waals surface area contributed by atoms with E-state index < -0.39 is 11.6 Å². The van der Waals surface area contributed by atoms with Crippen molar-refractivity contribution in [2.45, 2.75) is 12.8 Å². The fraction of sp³-hybridized carbons (Fsp3) is 0.417. The number of carbonyl (C=O) groups excluding carboxylic acids is 1. The van der Waals surface area contributed by atoms with Gasteiger partial charge >= 0.3 is 0 Å².